The molecular formula is C79H56N4. The minimum atomic E-state index is -0.450. The number of rotatable bonds is 8. The van der Waals surface area contributed by atoms with Crippen LogP contribution in [0.1, 0.15) is 55.4 Å². The van der Waals surface area contributed by atoms with E-state index in [0.717, 1.165) is 19.3 Å². The molecule has 0 amide bonds. The summed E-state index contributed by atoms with van der Waals surface area (Å²) in [5.74, 6) is 0. The number of fused-ring (bicyclic) bond motifs is 18. The molecule has 83 heavy (non-hydrogen) atoms. The molecule has 2 aliphatic carbocycles. The summed E-state index contributed by atoms with van der Waals surface area (Å²) in [6, 6.07) is 101. The fraction of sp³-hybridized carbons (Fsp3) is 0.0886. The summed E-state index contributed by atoms with van der Waals surface area (Å²) in [5.41, 5.74) is 24.5. The number of benzene rings is 12. The van der Waals surface area contributed by atoms with Crippen LogP contribution >= 0.6 is 0 Å². The molecule has 4 aromatic heterocycles. The van der Waals surface area contributed by atoms with Crippen LogP contribution in [-0.4, -0.2) is 18.3 Å². The van der Waals surface area contributed by atoms with Gasteiger partial charge in [-0.1, -0.05) is 184 Å². The summed E-state index contributed by atoms with van der Waals surface area (Å²) in [4.78, 5) is 0. The molecule has 0 unspecified atom stereocenters. The van der Waals surface area contributed by atoms with Gasteiger partial charge in [-0.2, -0.15) is 0 Å². The summed E-state index contributed by atoms with van der Waals surface area (Å²) in [7, 11) is 0. The van der Waals surface area contributed by atoms with Gasteiger partial charge in [0.25, 0.3) is 0 Å². The zero-order valence-electron chi connectivity index (χ0n) is 46.3. The molecular weight excluding hydrogens is 1000 g/mol. The van der Waals surface area contributed by atoms with E-state index in [0.29, 0.717) is 0 Å². The van der Waals surface area contributed by atoms with Crippen molar-refractivity contribution in [3.8, 4) is 45.0 Å². The molecule has 4 heteroatoms. The highest BCUT2D eigenvalue weighted by Crippen LogP contribution is 2.63. The van der Waals surface area contributed by atoms with E-state index in [1.165, 1.54) is 154 Å². The zero-order valence-corrected chi connectivity index (χ0v) is 46.3. The Labute approximate surface area is 481 Å². The lowest BCUT2D eigenvalue weighted by Gasteiger charge is -2.42. The quantitative estimate of drug-likeness (QED) is 0.145. The second-order valence-corrected chi connectivity index (χ2v) is 23.4. The van der Waals surface area contributed by atoms with Crippen LogP contribution in [-0.2, 0) is 10.8 Å². The lowest BCUT2D eigenvalue weighted by atomic mass is 9.60. The van der Waals surface area contributed by atoms with Crippen molar-refractivity contribution in [2.45, 2.75) is 43.9 Å². The maximum Gasteiger partial charge on any atom is 0.0541 e. The highest BCUT2D eigenvalue weighted by molar-refractivity contribution is 6.12. The highest BCUT2D eigenvalue weighted by atomic mass is 15.0. The van der Waals surface area contributed by atoms with Crippen LogP contribution in [0.4, 0.5) is 0 Å². The van der Waals surface area contributed by atoms with Crippen LogP contribution in [0.15, 0.2) is 267 Å². The molecule has 18 rings (SSSR count). The maximum absolute atomic E-state index is 2.60. The van der Waals surface area contributed by atoms with Crippen LogP contribution in [0.3, 0.4) is 0 Å². The van der Waals surface area contributed by atoms with Gasteiger partial charge < -0.3 is 18.3 Å². The van der Waals surface area contributed by atoms with Gasteiger partial charge in [-0.05, 0) is 161 Å². The monoisotopic (exact) mass is 1060 g/mol. The van der Waals surface area contributed by atoms with Crippen molar-refractivity contribution in [2.75, 3.05) is 0 Å². The molecule has 0 spiro atoms. The molecule has 0 atom stereocenters. The minimum absolute atomic E-state index is 0.450. The number of aromatic nitrogens is 4. The number of hydrogen-bond acceptors (Lipinski definition) is 0. The van der Waals surface area contributed by atoms with E-state index < -0.39 is 10.8 Å². The number of para-hydroxylation sites is 8. The first-order chi connectivity index (χ1) is 41.0. The largest absolute Gasteiger partial charge is 0.309 e. The van der Waals surface area contributed by atoms with E-state index in [1.807, 2.05) is 0 Å². The predicted octanol–water partition coefficient (Wildman–Crippen LogP) is 20.5. The summed E-state index contributed by atoms with van der Waals surface area (Å²) in [6.07, 6.45) is 2.64. The third kappa shape index (κ3) is 6.19. The molecule has 16 aromatic rings. The average molecular weight is 1060 g/mol. The van der Waals surface area contributed by atoms with Crippen LogP contribution in [0, 0.1) is 0 Å². The zero-order chi connectivity index (χ0) is 54.7. The summed E-state index contributed by atoms with van der Waals surface area (Å²) >= 11 is 0. The van der Waals surface area contributed by atoms with Gasteiger partial charge in [0.15, 0.2) is 0 Å². The van der Waals surface area contributed by atoms with Crippen LogP contribution in [0.5, 0.6) is 0 Å². The Morgan fingerprint density at radius 2 is 0.410 bits per heavy atom. The van der Waals surface area contributed by atoms with Gasteiger partial charge in [-0.15, -0.1) is 0 Å². The first-order valence-electron chi connectivity index (χ1n) is 29.6. The highest BCUT2D eigenvalue weighted by Gasteiger charge is 2.52. The van der Waals surface area contributed by atoms with Gasteiger partial charge in [0.2, 0.25) is 0 Å². The van der Waals surface area contributed by atoms with Crippen molar-refractivity contribution in [1.29, 1.82) is 0 Å². The molecule has 392 valence electrons. The van der Waals surface area contributed by atoms with E-state index in [1.54, 1.807) is 0 Å². The summed E-state index contributed by atoms with van der Waals surface area (Å²) in [5, 5.41) is 10.2. The fourth-order valence-corrected chi connectivity index (χ4v) is 16.2. The third-order valence-electron chi connectivity index (χ3n) is 19.8. The van der Waals surface area contributed by atoms with Crippen molar-refractivity contribution >= 4 is 87.2 Å². The molecule has 2 aliphatic rings. The summed E-state index contributed by atoms with van der Waals surface area (Å²) in [6.45, 7) is 4.95. The van der Waals surface area contributed by atoms with E-state index >= 15 is 0 Å². The molecule has 0 radical (unpaired) electrons. The van der Waals surface area contributed by atoms with Crippen LogP contribution in [0.2, 0.25) is 0 Å². The lowest BCUT2D eigenvalue weighted by Crippen LogP contribution is -2.37. The summed E-state index contributed by atoms with van der Waals surface area (Å²) < 4.78 is 10.1. The maximum atomic E-state index is 2.60. The van der Waals surface area contributed by atoms with E-state index in [9.17, 15) is 0 Å². The van der Waals surface area contributed by atoms with Crippen LogP contribution in [0.25, 0.3) is 132 Å². The standard InChI is InChI=1S/C79H56N4/c1-3-78(66-45-50(80-70-29-13-5-21-58(70)59-22-6-14-30-71(59)80)37-41-54(66)55-42-38-51(46-67(55)78)81-72-31-15-7-23-60(72)61-24-8-16-32-73(61)81)49-79(4-2)68-47-52(82-74-33-17-9-25-62(74)63-26-10-18-34-75(63)82)39-43-56(68)57-44-40-53(48-69(57)79)83-76-35-19-11-27-64(76)65-28-12-20-36-77(65)83/h5-48H,3-4,49H2,1-2H3. The molecule has 0 fully saturated rings. The first kappa shape index (κ1) is 46.6. The molecule has 0 saturated carbocycles. The fourth-order valence-electron chi connectivity index (χ4n) is 16.2. The minimum Gasteiger partial charge on any atom is -0.309 e. The van der Waals surface area contributed by atoms with Gasteiger partial charge in [-0.3, -0.25) is 0 Å². The molecule has 12 aromatic carbocycles. The predicted molar refractivity (Wildman–Crippen MR) is 348 cm³/mol. The van der Waals surface area contributed by atoms with Crippen molar-refractivity contribution in [2.24, 2.45) is 0 Å². The third-order valence-corrected chi connectivity index (χ3v) is 19.8. The van der Waals surface area contributed by atoms with Gasteiger partial charge >= 0.3 is 0 Å². The van der Waals surface area contributed by atoms with Crippen molar-refractivity contribution < 1.29 is 0 Å². The Kier molecular flexibility index (Phi) is 9.64. The molecule has 0 N–H and O–H groups in total. The Bertz CT molecular complexity index is 4540. The average Bonchev–Trinajstić information content (AvgIpc) is 3.59. The topological polar surface area (TPSA) is 19.7 Å². The van der Waals surface area contributed by atoms with Crippen molar-refractivity contribution in [3.63, 3.8) is 0 Å². The Balaban J connectivity index is 0.929. The number of hydrogen-bond donors (Lipinski definition) is 0. The SMILES string of the molecule is CCC1(CC2(CC)c3cc(-n4c5ccccc5c5ccccc54)ccc3-c3ccc(-n4c5ccccc5c5ccccc54)cc32)c2cc(-n3c4ccccc4c4ccccc43)ccc2-c2ccc(-n3c4ccccc4c4ccccc43)cc21. The van der Waals surface area contributed by atoms with E-state index in [4.69, 9.17) is 0 Å². The molecule has 0 saturated heterocycles. The second kappa shape index (κ2) is 17.2. The van der Waals surface area contributed by atoms with Crippen molar-refractivity contribution in [1.82, 2.24) is 18.3 Å². The van der Waals surface area contributed by atoms with Gasteiger partial charge in [-0.25, -0.2) is 0 Å². The van der Waals surface area contributed by atoms with Gasteiger partial charge in [0.05, 0.1) is 44.1 Å². The van der Waals surface area contributed by atoms with Gasteiger partial charge in [0.1, 0.15) is 0 Å². The molecule has 4 heterocycles. The molecule has 0 bridgehead atoms. The van der Waals surface area contributed by atoms with E-state index in [-0.39, 0.29) is 0 Å². The Hall–Kier alpha value is -10.2. The molecule has 0 aliphatic heterocycles. The first-order valence-corrected chi connectivity index (χ1v) is 29.6. The smallest absolute Gasteiger partial charge is 0.0541 e. The lowest BCUT2D eigenvalue weighted by molar-refractivity contribution is 0.342. The Morgan fingerprint density at radius 3 is 0.590 bits per heavy atom. The van der Waals surface area contributed by atoms with Crippen LogP contribution < -0.4 is 0 Å². The van der Waals surface area contributed by atoms with Crippen molar-refractivity contribution in [3.05, 3.63) is 289 Å². The molecule has 4 nitrogen and oxygen atoms in total. The normalized spacial score (nSPS) is 14.0. The van der Waals surface area contributed by atoms with Gasteiger partial charge in [0, 0.05) is 76.7 Å². The second-order valence-electron chi connectivity index (χ2n) is 23.4. The van der Waals surface area contributed by atoms with E-state index in [2.05, 4.69) is 299 Å². The Morgan fingerprint density at radius 1 is 0.229 bits per heavy atom. The number of nitrogens with zero attached hydrogens (tertiary/aromatic N) is 4.